The number of carboxylic acid groups (broad SMARTS) is 1. The number of aliphatic carboxylic acids is 1. The van der Waals surface area contributed by atoms with Crippen LogP contribution in [0.25, 0.3) is 0 Å². The van der Waals surface area contributed by atoms with Crippen LogP contribution in [0.5, 0.6) is 5.75 Å². The van der Waals surface area contributed by atoms with Gasteiger partial charge in [-0.15, -0.1) is 0 Å². The van der Waals surface area contributed by atoms with Crippen LogP contribution in [0.4, 0.5) is 0 Å². The van der Waals surface area contributed by atoms with Gasteiger partial charge in [0.05, 0.1) is 6.42 Å². The summed E-state index contributed by atoms with van der Waals surface area (Å²) in [6.45, 7) is 12.7. The van der Waals surface area contributed by atoms with E-state index < -0.39 is 5.97 Å². The summed E-state index contributed by atoms with van der Waals surface area (Å²) in [6.07, 6.45) is 15.3. The number of hydrogen-bond donors (Lipinski definition) is 2. The molecule has 0 aliphatic heterocycles. The van der Waals surface area contributed by atoms with Gasteiger partial charge in [-0.1, -0.05) is 124 Å². The van der Waals surface area contributed by atoms with Crippen molar-refractivity contribution in [2.75, 3.05) is 0 Å². The lowest BCUT2D eigenvalue weighted by Crippen LogP contribution is -2.15. The Balaban J connectivity index is 2.68. The average molecular weight is 447 g/mol. The first-order valence-electron chi connectivity index (χ1n) is 13.2. The summed E-state index contributed by atoms with van der Waals surface area (Å²) in [6, 6.07) is 4.12. The van der Waals surface area contributed by atoms with Gasteiger partial charge in [0.25, 0.3) is 0 Å². The van der Waals surface area contributed by atoms with E-state index in [0.717, 1.165) is 29.5 Å². The minimum absolute atomic E-state index is 0.00488. The first-order chi connectivity index (χ1) is 15.1. The van der Waals surface area contributed by atoms with Crippen LogP contribution >= 0.6 is 0 Å². The van der Waals surface area contributed by atoms with E-state index in [1.807, 2.05) is 0 Å². The molecule has 1 aromatic rings. The Kier molecular flexibility index (Phi) is 13.0. The SMILES string of the molecule is CCCCCCCCCCCCCC(CC(=O)O)c1cc(C(C)C)c(O)c(C(C)(C)C)c1. The summed E-state index contributed by atoms with van der Waals surface area (Å²) in [5.74, 6) is -0.164. The Hall–Kier alpha value is -1.51. The molecule has 1 aromatic carbocycles. The Labute approximate surface area is 198 Å². The number of rotatable bonds is 16. The molecule has 1 atom stereocenters. The molecule has 32 heavy (non-hydrogen) atoms. The maximum Gasteiger partial charge on any atom is 0.303 e. The van der Waals surface area contributed by atoms with E-state index >= 15 is 0 Å². The molecule has 0 bridgehead atoms. The summed E-state index contributed by atoms with van der Waals surface area (Å²) in [5, 5.41) is 20.4. The first-order valence-corrected chi connectivity index (χ1v) is 13.2. The lowest BCUT2D eigenvalue weighted by atomic mass is 9.79. The summed E-state index contributed by atoms with van der Waals surface area (Å²) >= 11 is 0. The van der Waals surface area contributed by atoms with Crippen LogP contribution in [-0.4, -0.2) is 16.2 Å². The Morgan fingerprint density at radius 1 is 0.875 bits per heavy atom. The van der Waals surface area contributed by atoms with Crippen molar-refractivity contribution in [3.63, 3.8) is 0 Å². The molecule has 0 spiro atoms. The van der Waals surface area contributed by atoms with Gasteiger partial charge in [0.15, 0.2) is 0 Å². The summed E-state index contributed by atoms with van der Waals surface area (Å²) in [4.78, 5) is 11.6. The Morgan fingerprint density at radius 3 is 1.81 bits per heavy atom. The number of carbonyl (C=O) groups is 1. The minimum atomic E-state index is -0.741. The van der Waals surface area contributed by atoms with Gasteiger partial charge in [0, 0.05) is 0 Å². The molecule has 184 valence electrons. The van der Waals surface area contributed by atoms with Crippen molar-refractivity contribution in [2.45, 2.75) is 142 Å². The van der Waals surface area contributed by atoms with Gasteiger partial charge in [0.2, 0.25) is 0 Å². The van der Waals surface area contributed by atoms with Crippen molar-refractivity contribution in [3.8, 4) is 5.75 Å². The number of unbranched alkanes of at least 4 members (excludes halogenated alkanes) is 10. The highest BCUT2D eigenvalue weighted by Gasteiger charge is 2.25. The normalized spacial score (nSPS) is 13.0. The monoisotopic (exact) mass is 446 g/mol. The van der Waals surface area contributed by atoms with Crippen LogP contribution in [0.2, 0.25) is 0 Å². The molecule has 0 aliphatic carbocycles. The topological polar surface area (TPSA) is 57.5 Å². The number of hydrogen-bond acceptors (Lipinski definition) is 2. The van der Waals surface area contributed by atoms with Gasteiger partial charge in [-0.3, -0.25) is 4.79 Å². The molecule has 0 amide bonds. The van der Waals surface area contributed by atoms with E-state index in [9.17, 15) is 15.0 Å². The third-order valence-electron chi connectivity index (χ3n) is 6.64. The highest BCUT2D eigenvalue weighted by atomic mass is 16.4. The zero-order valence-corrected chi connectivity index (χ0v) is 21.8. The van der Waals surface area contributed by atoms with Crippen LogP contribution in [0, 0.1) is 0 Å². The zero-order chi connectivity index (χ0) is 24.1. The fourth-order valence-electron chi connectivity index (χ4n) is 4.58. The number of carboxylic acids is 1. The molecule has 3 heteroatoms. The molecule has 1 unspecified atom stereocenters. The smallest absolute Gasteiger partial charge is 0.303 e. The van der Waals surface area contributed by atoms with E-state index in [1.54, 1.807) is 0 Å². The van der Waals surface area contributed by atoms with Gasteiger partial charge >= 0.3 is 5.97 Å². The molecule has 0 saturated heterocycles. The number of phenolic OH excluding ortho intramolecular Hbond substituents is 1. The van der Waals surface area contributed by atoms with E-state index in [1.165, 1.54) is 64.2 Å². The van der Waals surface area contributed by atoms with E-state index in [4.69, 9.17) is 0 Å². The fourth-order valence-corrected chi connectivity index (χ4v) is 4.58. The predicted octanol–water partition coefficient (Wildman–Crippen LogP) is 9.07. The maximum atomic E-state index is 11.6. The summed E-state index contributed by atoms with van der Waals surface area (Å²) < 4.78 is 0. The minimum Gasteiger partial charge on any atom is -0.507 e. The van der Waals surface area contributed by atoms with Gasteiger partial charge in [0.1, 0.15) is 5.75 Å². The van der Waals surface area contributed by atoms with E-state index in [-0.39, 0.29) is 23.7 Å². The number of phenols is 1. The third kappa shape index (κ3) is 10.4. The molecular formula is C29H50O3. The van der Waals surface area contributed by atoms with Crippen molar-refractivity contribution in [1.29, 1.82) is 0 Å². The van der Waals surface area contributed by atoms with Crippen LogP contribution in [0.1, 0.15) is 154 Å². The van der Waals surface area contributed by atoms with E-state index in [2.05, 4.69) is 53.7 Å². The average Bonchev–Trinajstić information content (AvgIpc) is 2.70. The second-order valence-corrected chi connectivity index (χ2v) is 11.0. The molecule has 0 radical (unpaired) electrons. The molecule has 2 N–H and O–H groups in total. The van der Waals surface area contributed by atoms with Crippen LogP contribution in [0.15, 0.2) is 12.1 Å². The molecular weight excluding hydrogens is 396 g/mol. The molecule has 0 fully saturated rings. The van der Waals surface area contributed by atoms with Crippen molar-refractivity contribution in [3.05, 3.63) is 28.8 Å². The summed E-state index contributed by atoms with van der Waals surface area (Å²) in [5.41, 5.74) is 2.74. The Bertz CT molecular complexity index is 670. The lowest BCUT2D eigenvalue weighted by Gasteiger charge is -2.26. The predicted molar refractivity (Wildman–Crippen MR) is 137 cm³/mol. The fraction of sp³-hybridized carbons (Fsp3) is 0.759. The summed E-state index contributed by atoms with van der Waals surface area (Å²) in [7, 11) is 0. The number of benzene rings is 1. The maximum absolute atomic E-state index is 11.6. The second-order valence-electron chi connectivity index (χ2n) is 11.0. The van der Waals surface area contributed by atoms with Crippen LogP contribution in [-0.2, 0) is 10.2 Å². The number of aromatic hydroxyl groups is 1. The Morgan fingerprint density at radius 2 is 1.38 bits per heavy atom. The van der Waals surface area contributed by atoms with Crippen molar-refractivity contribution < 1.29 is 15.0 Å². The van der Waals surface area contributed by atoms with Crippen molar-refractivity contribution in [1.82, 2.24) is 0 Å². The molecule has 0 aromatic heterocycles. The van der Waals surface area contributed by atoms with Gasteiger partial charge in [-0.05, 0) is 40.4 Å². The quantitative estimate of drug-likeness (QED) is 0.249. The highest BCUT2D eigenvalue weighted by Crippen LogP contribution is 2.40. The third-order valence-corrected chi connectivity index (χ3v) is 6.64. The van der Waals surface area contributed by atoms with Gasteiger partial charge in [-0.2, -0.15) is 0 Å². The molecule has 1 rings (SSSR count). The zero-order valence-electron chi connectivity index (χ0n) is 21.8. The first kappa shape index (κ1) is 28.5. The van der Waals surface area contributed by atoms with E-state index in [0.29, 0.717) is 5.75 Å². The largest absolute Gasteiger partial charge is 0.507 e. The van der Waals surface area contributed by atoms with Crippen LogP contribution in [0.3, 0.4) is 0 Å². The molecule has 3 nitrogen and oxygen atoms in total. The molecule has 0 saturated carbocycles. The van der Waals surface area contributed by atoms with Crippen molar-refractivity contribution >= 4 is 5.97 Å². The molecule has 0 aliphatic rings. The van der Waals surface area contributed by atoms with Crippen molar-refractivity contribution in [2.24, 2.45) is 0 Å². The van der Waals surface area contributed by atoms with Gasteiger partial charge < -0.3 is 10.2 Å². The second kappa shape index (κ2) is 14.6. The van der Waals surface area contributed by atoms with Gasteiger partial charge in [-0.25, -0.2) is 0 Å². The molecule has 0 heterocycles. The lowest BCUT2D eigenvalue weighted by molar-refractivity contribution is -0.137. The highest BCUT2D eigenvalue weighted by molar-refractivity contribution is 5.68. The standard InChI is InChI=1S/C29H50O3/c1-7-8-9-10-11-12-13-14-15-16-17-18-23(21-27(30)31)24-19-25(22(2)3)28(32)26(20-24)29(4,5)6/h19-20,22-23,32H,7-18,21H2,1-6H3,(H,30,31). The van der Waals surface area contributed by atoms with Crippen LogP contribution < -0.4 is 0 Å².